The average Bonchev–Trinajstić information content (AvgIpc) is 2.62. The van der Waals surface area contributed by atoms with Crippen LogP contribution in [0.2, 0.25) is 0 Å². The van der Waals surface area contributed by atoms with E-state index in [2.05, 4.69) is 10.3 Å². The Hall–Kier alpha value is -3.41. The summed E-state index contributed by atoms with van der Waals surface area (Å²) in [5.41, 5.74) is 8.15. The second kappa shape index (κ2) is 9.02. The van der Waals surface area contributed by atoms with Gasteiger partial charge in [0, 0.05) is 53.8 Å². The maximum Gasteiger partial charge on any atom is 0.248 e. The van der Waals surface area contributed by atoms with E-state index in [1.807, 2.05) is 19.1 Å². The molecule has 2 rings (SSSR count). The monoisotopic (exact) mass is 336 g/mol. The molecule has 0 saturated heterocycles. The lowest BCUT2D eigenvalue weighted by Gasteiger charge is -2.07. The Bertz CT molecular complexity index is 813. The number of aromatic nitrogens is 1. The molecule has 128 valence electrons. The molecule has 0 spiro atoms. The van der Waals surface area contributed by atoms with Crippen LogP contribution in [0.25, 0.3) is 11.6 Å². The fraction of sp³-hybridized carbons (Fsp3) is 0.105. The van der Waals surface area contributed by atoms with Crippen LogP contribution in [0.15, 0.2) is 55.0 Å². The lowest BCUT2D eigenvalue weighted by molar-refractivity contribution is -0.111. The summed E-state index contributed by atoms with van der Waals surface area (Å²) in [4.78, 5) is 16.2. The minimum Gasteiger partial charge on any atom is -0.494 e. The van der Waals surface area contributed by atoms with Gasteiger partial charge in [-0.05, 0) is 36.8 Å². The number of rotatable bonds is 7. The van der Waals surface area contributed by atoms with E-state index in [9.17, 15) is 4.79 Å². The molecule has 0 radical (unpaired) electrons. The summed E-state index contributed by atoms with van der Waals surface area (Å²) < 4.78 is 5.41. The van der Waals surface area contributed by atoms with Gasteiger partial charge in [0.1, 0.15) is 5.75 Å². The van der Waals surface area contributed by atoms with Crippen molar-refractivity contribution in [1.82, 2.24) is 4.98 Å². The van der Waals surface area contributed by atoms with Crippen LogP contribution in [0.4, 0.5) is 5.69 Å². The minimum absolute atomic E-state index is 0.281. The van der Waals surface area contributed by atoms with E-state index < -0.39 is 0 Å². The van der Waals surface area contributed by atoms with Gasteiger partial charge in [-0.1, -0.05) is 6.07 Å². The number of nitrogens with two attached hydrogens (primary N) is 1. The van der Waals surface area contributed by atoms with Gasteiger partial charge in [0.05, 0.1) is 6.61 Å². The van der Waals surface area contributed by atoms with Gasteiger partial charge in [0.25, 0.3) is 0 Å². The standard InChI is InChI=1S/C19H20N4O2/c1-2-25-17-5-3-4-16(10-17)23-19(24)7-6-14-13-22-9-8-18(14)15(11-20)12-21/h3-13,20H,2,21H2,1H3,(H,23,24)/b7-6+,15-12+,20-11?. The van der Waals surface area contributed by atoms with Gasteiger partial charge in [-0.15, -0.1) is 0 Å². The largest absolute Gasteiger partial charge is 0.494 e. The van der Waals surface area contributed by atoms with Crippen molar-refractivity contribution in [3.63, 3.8) is 0 Å². The van der Waals surface area contributed by atoms with Gasteiger partial charge >= 0.3 is 0 Å². The highest BCUT2D eigenvalue weighted by Gasteiger charge is 2.05. The number of amides is 1. The fourth-order valence-corrected chi connectivity index (χ4v) is 2.20. The third-order valence-corrected chi connectivity index (χ3v) is 3.32. The summed E-state index contributed by atoms with van der Waals surface area (Å²) in [5.74, 6) is 0.416. The molecule has 1 aromatic heterocycles. The molecule has 0 aliphatic carbocycles. The van der Waals surface area contributed by atoms with Gasteiger partial charge < -0.3 is 21.2 Å². The molecule has 0 atom stereocenters. The Morgan fingerprint density at radius 1 is 1.40 bits per heavy atom. The third-order valence-electron chi connectivity index (χ3n) is 3.32. The molecular weight excluding hydrogens is 316 g/mol. The molecule has 4 N–H and O–H groups in total. The number of anilines is 1. The molecule has 6 heteroatoms. The second-order valence-electron chi connectivity index (χ2n) is 5.01. The highest BCUT2D eigenvalue weighted by Crippen LogP contribution is 2.19. The van der Waals surface area contributed by atoms with E-state index in [1.165, 1.54) is 12.3 Å². The summed E-state index contributed by atoms with van der Waals surface area (Å²) in [6, 6.07) is 8.93. The molecule has 1 amide bonds. The normalized spacial score (nSPS) is 11.3. The number of allylic oxidation sites excluding steroid dienone is 1. The van der Waals surface area contributed by atoms with Crippen molar-refractivity contribution in [1.29, 1.82) is 5.41 Å². The number of nitrogens with zero attached hydrogens (tertiary/aromatic N) is 1. The van der Waals surface area contributed by atoms with Crippen LogP contribution in [0.5, 0.6) is 5.75 Å². The molecular formula is C19H20N4O2. The molecule has 0 saturated carbocycles. The van der Waals surface area contributed by atoms with E-state index in [4.69, 9.17) is 15.9 Å². The number of nitrogens with one attached hydrogen (secondary N) is 2. The van der Waals surface area contributed by atoms with Gasteiger partial charge in [0.2, 0.25) is 5.91 Å². The van der Waals surface area contributed by atoms with E-state index in [0.717, 1.165) is 11.8 Å². The van der Waals surface area contributed by atoms with Crippen molar-refractivity contribution < 1.29 is 9.53 Å². The number of carbonyl (C=O) groups is 1. The first-order valence-corrected chi connectivity index (χ1v) is 7.76. The number of hydrogen-bond donors (Lipinski definition) is 3. The van der Waals surface area contributed by atoms with Gasteiger partial charge in [0.15, 0.2) is 0 Å². The summed E-state index contributed by atoms with van der Waals surface area (Å²) in [6.07, 6.45) is 8.77. The molecule has 25 heavy (non-hydrogen) atoms. The van der Waals surface area contributed by atoms with Crippen LogP contribution in [0.3, 0.4) is 0 Å². The molecule has 0 bridgehead atoms. The highest BCUT2D eigenvalue weighted by atomic mass is 16.5. The summed E-state index contributed by atoms with van der Waals surface area (Å²) in [5, 5.41) is 10.2. The fourth-order valence-electron chi connectivity index (χ4n) is 2.20. The molecule has 0 aliphatic rings. The van der Waals surface area contributed by atoms with Crippen molar-refractivity contribution in [2.45, 2.75) is 6.92 Å². The molecule has 0 unspecified atom stereocenters. The van der Waals surface area contributed by atoms with Crippen LogP contribution in [0.1, 0.15) is 18.1 Å². The number of pyridine rings is 1. The molecule has 0 aliphatic heterocycles. The molecule has 1 heterocycles. The Morgan fingerprint density at radius 2 is 2.24 bits per heavy atom. The quantitative estimate of drug-likeness (QED) is 0.534. The van der Waals surface area contributed by atoms with Crippen LogP contribution in [-0.2, 0) is 4.79 Å². The SMILES string of the molecule is CCOc1cccc(NC(=O)/C=C/c2cnccc2/C(C=N)=C/N)c1. The number of carbonyl (C=O) groups excluding carboxylic acids is 1. The Kier molecular flexibility index (Phi) is 6.47. The van der Waals surface area contributed by atoms with E-state index >= 15 is 0 Å². The third kappa shape index (κ3) is 5.04. The van der Waals surface area contributed by atoms with Crippen molar-refractivity contribution in [2.24, 2.45) is 5.73 Å². The van der Waals surface area contributed by atoms with Crippen LogP contribution >= 0.6 is 0 Å². The van der Waals surface area contributed by atoms with Gasteiger partial charge in [-0.2, -0.15) is 0 Å². The lowest BCUT2D eigenvalue weighted by atomic mass is 10.0. The average molecular weight is 336 g/mol. The first kappa shape index (κ1) is 17.9. The predicted molar refractivity (Wildman–Crippen MR) is 100 cm³/mol. The Labute approximate surface area is 146 Å². The Morgan fingerprint density at radius 3 is 2.96 bits per heavy atom. The van der Waals surface area contributed by atoms with Gasteiger partial charge in [-0.25, -0.2) is 0 Å². The molecule has 2 aromatic rings. The number of hydrogen-bond acceptors (Lipinski definition) is 5. The minimum atomic E-state index is -0.281. The van der Waals surface area contributed by atoms with Crippen molar-refractivity contribution in [3.05, 3.63) is 66.1 Å². The molecule has 1 aromatic carbocycles. The summed E-state index contributed by atoms with van der Waals surface area (Å²) >= 11 is 0. The van der Waals surface area contributed by atoms with E-state index in [1.54, 1.807) is 36.7 Å². The summed E-state index contributed by atoms with van der Waals surface area (Å²) in [6.45, 7) is 2.46. The number of ether oxygens (including phenoxy) is 1. The van der Waals surface area contributed by atoms with E-state index in [0.29, 0.717) is 29.2 Å². The maximum absolute atomic E-state index is 12.1. The van der Waals surface area contributed by atoms with Crippen molar-refractivity contribution in [3.8, 4) is 5.75 Å². The maximum atomic E-state index is 12.1. The first-order valence-electron chi connectivity index (χ1n) is 7.76. The first-order chi connectivity index (χ1) is 12.2. The number of benzene rings is 1. The van der Waals surface area contributed by atoms with Crippen molar-refractivity contribution in [2.75, 3.05) is 11.9 Å². The zero-order valence-corrected chi connectivity index (χ0v) is 13.9. The smallest absolute Gasteiger partial charge is 0.248 e. The Balaban J connectivity index is 2.13. The van der Waals surface area contributed by atoms with Gasteiger partial charge in [-0.3, -0.25) is 9.78 Å². The van der Waals surface area contributed by atoms with Crippen molar-refractivity contribution >= 4 is 29.5 Å². The van der Waals surface area contributed by atoms with Crippen LogP contribution in [-0.4, -0.2) is 23.7 Å². The zero-order valence-electron chi connectivity index (χ0n) is 13.9. The second-order valence-corrected chi connectivity index (χ2v) is 5.01. The lowest BCUT2D eigenvalue weighted by Crippen LogP contribution is -2.08. The van der Waals surface area contributed by atoms with Crippen LogP contribution in [0, 0.1) is 5.41 Å². The molecule has 0 fully saturated rings. The summed E-state index contributed by atoms with van der Waals surface area (Å²) in [7, 11) is 0. The predicted octanol–water partition coefficient (Wildman–Crippen LogP) is 3.08. The van der Waals surface area contributed by atoms with Crippen LogP contribution < -0.4 is 15.8 Å². The van der Waals surface area contributed by atoms with E-state index in [-0.39, 0.29) is 5.91 Å². The topological polar surface area (TPSA) is 101 Å². The zero-order chi connectivity index (χ0) is 18.1. The highest BCUT2D eigenvalue weighted by molar-refractivity contribution is 6.10. The molecule has 6 nitrogen and oxygen atoms in total.